The highest BCUT2D eigenvalue weighted by Crippen LogP contribution is 2.09. The van der Waals surface area contributed by atoms with Gasteiger partial charge in [-0.2, -0.15) is 5.06 Å². The monoisotopic (exact) mass is 265 g/mol. The SMILES string of the molecule is N=C(Nc1cccc[n+]1[O-])NC1CCCN(O)CC1. The van der Waals surface area contributed by atoms with E-state index in [9.17, 15) is 10.4 Å². The maximum atomic E-state index is 11.4. The average Bonchev–Trinajstić information content (AvgIpc) is 2.57. The van der Waals surface area contributed by atoms with E-state index in [2.05, 4.69) is 10.6 Å². The Morgan fingerprint density at radius 3 is 3.05 bits per heavy atom. The molecule has 104 valence electrons. The standard InChI is InChI=1S/C12H19N5O2/c13-12(15-11-5-1-2-8-17(11)19)14-10-4-3-7-16(18)9-6-10/h1-2,5,8,10,18H,3-4,6-7,9H2,(H3,13,14,15). The summed E-state index contributed by atoms with van der Waals surface area (Å²) < 4.78 is 0.679. The lowest BCUT2D eigenvalue weighted by atomic mass is 10.1. The zero-order chi connectivity index (χ0) is 13.7. The zero-order valence-corrected chi connectivity index (χ0v) is 10.7. The second-order valence-electron chi connectivity index (χ2n) is 4.64. The van der Waals surface area contributed by atoms with Gasteiger partial charge in [0.05, 0.1) is 6.20 Å². The van der Waals surface area contributed by atoms with E-state index in [-0.39, 0.29) is 12.0 Å². The van der Waals surface area contributed by atoms with E-state index in [1.54, 1.807) is 18.2 Å². The van der Waals surface area contributed by atoms with Crippen LogP contribution in [0.3, 0.4) is 0 Å². The lowest BCUT2D eigenvalue weighted by Gasteiger charge is -2.17. The molecule has 7 heteroatoms. The molecule has 1 atom stereocenters. The lowest BCUT2D eigenvalue weighted by molar-refractivity contribution is -0.589. The van der Waals surface area contributed by atoms with Crippen molar-refractivity contribution in [3.05, 3.63) is 29.6 Å². The topological polar surface area (TPSA) is 98.3 Å². The third kappa shape index (κ3) is 4.08. The zero-order valence-electron chi connectivity index (χ0n) is 10.7. The van der Waals surface area contributed by atoms with Crippen molar-refractivity contribution < 1.29 is 9.94 Å². The van der Waals surface area contributed by atoms with Crippen LogP contribution >= 0.6 is 0 Å². The number of rotatable bonds is 2. The van der Waals surface area contributed by atoms with Gasteiger partial charge in [0.15, 0.2) is 0 Å². The van der Waals surface area contributed by atoms with Gasteiger partial charge in [-0.15, -0.1) is 0 Å². The minimum atomic E-state index is 0.104. The van der Waals surface area contributed by atoms with Gasteiger partial charge in [0.2, 0.25) is 0 Å². The highest BCUT2D eigenvalue weighted by Gasteiger charge is 2.18. The summed E-state index contributed by atoms with van der Waals surface area (Å²) in [5.74, 6) is 0.421. The Morgan fingerprint density at radius 2 is 2.26 bits per heavy atom. The second kappa shape index (κ2) is 6.35. The van der Waals surface area contributed by atoms with Crippen LogP contribution in [0.2, 0.25) is 0 Å². The first-order valence-corrected chi connectivity index (χ1v) is 6.39. The third-order valence-electron chi connectivity index (χ3n) is 3.13. The molecule has 0 bridgehead atoms. The number of guanidine groups is 1. The van der Waals surface area contributed by atoms with Gasteiger partial charge in [-0.1, -0.05) is 6.07 Å². The summed E-state index contributed by atoms with van der Waals surface area (Å²) in [6, 6.07) is 5.13. The number of hydrogen-bond acceptors (Lipinski definition) is 4. The molecular formula is C12H19N5O2. The first-order chi connectivity index (χ1) is 9.15. The maximum Gasteiger partial charge on any atom is 0.285 e. The van der Waals surface area contributed by atoms with E-state index < -0.39 is 0 Å². The number of hydrogen-bond donors (Lipinski definition) is 4. The minimum absolute atomic E-state index is 0.104. The summed E-state index contributed by atoms with van der Waals surface area (Å²) in [5.41, 5.74) is 0. The highest BCUT2D eigenvalue weighted by atomic mass is 16.5. The van der Waals surface area contributed by atoms with Gasteiger partial charge in [0, 0.05) is 25.2 Å². The van der Waals surface area contributed by atoms with Crippen LogP contribution in [0.5, 0.6) is 0 Å². The fraction of sp³-hybridized carbons (Fsp3) is 0.500. The smallest absolute Gasteiger partial charge is 0.285 e. The number of hydroxylamine groups is 2. The van der Waals surface area contributed by atoms with Crippen LogP contribution in [0.25, 0.3) is 0 Å². The summed E-state index contributed by atoms with van der Waals surface area (Å²) >= 11 is 0. The highest BCUT2D eigenvalue weighted by molar-refractivity contribution is 5.89. The molecule has 0 radical (unpaired) electrons. The normalized spacial score (nSPS) is 20.6. The van der Waals surface area contributed by atoms with Gasteiger partial charge >= 0.3 is 0 Å². The Hall–Kier alpha value is -1.86. The molecule has 1 saturated heterocycles. The molecule has 0 amide bonds. The molecule has 1 fully saturated rings. The van der Waals surface area contributed by atoms with Crippen molar-refractivity contribution in [3.8, 4) is 0 Å². The summed E-state index contributed by atoms with van der Waals surface area (Å²) in [6.45, 7) is 1.26. The summed E-state index contributed by atoms with van der Waals surface area (Å²) in [7, 11) is 0. The van der Waals surface area contributed by atoms with Crippen LogP contribution < -0.4 is 15.4 Å². The molecule has 1 unspecified atom stereocenters. The number of anilines is 1. The van der Waals surface area contributed by atoms with E-state index >= 15 is 0 Å². The molecule has 1 aromatic heterocycles. The Labute approximate surface area is 111 Å². The van der Waals surface area contributed by atoms with Crippen molar-refractivity contribution in [1.82, 2.24) is 10.4 Å². The Bertz CT molecular complexity index is 440. The predicted octanol–water partition coefficient (Wildman–Crippen LogP) is 0.500. The summed E-state index contributed by atoms with van der Waals surface area (Å²) in [4.78, 5) is 0. The van der Waals surface area contributed by atoms with E-state index in [0.717, 1.165) is 19.3 Å². The van der Waals surface area contributed by atoms with Crippen LogP contribution in [-0.4, -0.2) is 35.4 Å². The first-order valence-electron chi connectivity index (χ1n) is 6.39. The molecule has 1 aliphatic heterocycles. The van der Waals surface area contributed by atoms with Crippen LogP contribution in [0.4, 0.5) is 5.82 Å². The molecule has 2 heterocycles. The largest absolute Gasteiger partial charge is 0.711 e. The van der Waals surface area contributed by atoms with Crippen molar-refractivity contribution in [1.29, 1.82) is 5.41 Å². The summed E-state index contributed by atoms with van der Waals surface area (Å²) in [6.07, 6.45) is 3.93. The fourth-order valence-electron chi connectivity index (χ4n) is 2.12. The average molecular weight is 265 g/mol. The number of aromatic nitrogens is 1. The Kier molecular flexibility index (Phi) is 4.53. The Balaban J connectivity index is 1.86. The van der Waals surface area contributed by atoms with Gasteiger partial charge in [-0.05, 0) is 25.3 Å². The molecule has 1 aliphatic rings. The van der Waals surface area contributed by atoms with Gasteiger partial charge < -0.3 is 15.7 Å². The van der Waals surface area contributed by atoms with E-state index in [4.69, 9.17) is 5.41 Å². The summed E-state index contributed by atoms with van der Waals surface area (Å²) in [5, 5.41) is 35.7. The molecule has 1 aromatic rings. The fourth-order valence-corrected chi connectivity index (χ4v) is 2.12. The molecule has 7 nitrogen and oxygen atoms in total. The van der Waals surface area contributed by atoms with E-state index in [0.29, 0.717) is 23.6 Å². The van der Waals surface area contributed by atoms with Crippen LogP contribution in [0, 0.1) is 10.6 Å². The van der Waals surface area contributed by atoms with Crippen molar-refractivity contribution in [2.24, 2.45) is 0 Å². The van der Waals surface area contributed by atoms with Crippen molar-refractivity contribution in [3.63, 3.8) is 0 Å². The molecular weight excluding hydrogens is 246 g/mol. The van der Waals surface area contributed by atoms with Gasteiger partial charge in [0.25, 0.3) is 11.8 Å². The quantitative estimate of drug-likeness (QED) is 0.270. The molecule has 19 heavy (non-hydrogen) atoms. The maximum absolute atomic E-state index is 11.4. The lowest BCUT2D eigenvalue weighted by Crippen LogP contribution is -2.42. The first kappa shape index (κ1) is 13.6. The van der Waals surface area contributed by atoms with E-state index in [1.165, 1.54) is 11.3 Å². The van der Waals surface area contributed by atoms with Crippen LogP contribution in [0.1, 0.15) is 19.3 Å². The predicted molar refractivity (Wildman–Crippen MR) is 70.9 cm³/mol. The van der Waals surface area contributed by atoms with Gasteiger partial charge in [0.1, 0.15) is 0 Å². The molecule has 0 aliphatic carbocycles. The minimum Gasteiger partial charge on any atom is -0.711 e. The van der Waals surface area contributed by atoms with Crippen LogP contribution in [0.15, 0.2) is 24.4 Å². The second-order valence-corrected chi connectivity index (χ2v) is 4.64. The molecule has 0 aromatic carbocycles. The third-order valence-corrected chi connectivity index (χ3v) is 3.13. The van der Waals surface area contributed by atoms with Gasteiger partial charge in [-0.25, -0.2) is 15.5 Å². The number of nitrogens with zero attached hydrogens (tertiary/aromatic N) is 2. The van der Waals surface area contributed by atoms with E-state index in [1.807, 2.05) is 0 Å². The molecule has 0 spiro atoms. The number of pyridine rings is 1. The Morgan fingerprint density at radius 1 is 1.42 bits per heavy atom. The van der Waals surface area contributed by atoms with Crippen molar-refractivity contribution in [2.45, 2.75) is 25.3 Å². The van der Waals surface area contributed by atoms with Crippen molar-refractivity contribution >= 4 is 11.8 Å². The van der Waals surface area contributed by atoms with Crippen molar-refractivity contribution in [2.75, 3.05) is 18.4 Å². The molecule has 0 saturated carbocycles. The van der Waals surface area contributed by atoms with Crippen LogP contribution in [-0.2, 0) is 0 Å². The molecule has 2 rings (SSSR count). The number of nitrogens with one attached hydrogen (secondary N) is 3. The van der Waals surface area contributed by atoms with Gasteiger partial charge in [-0.3, -0.25) is 0 Å². The molecule has 4 N–H and O–H groups in total.